The van der Waals surface area contributed by atoms with Crippen LogP contribution in [0, 0.1) is 0 Å². The van der Waals surface area contributed by atoms with Gasteiger partial charge in [-0.25, -0.2) is 0 Å². The standard InChI is InChI=1S/C12H9ClO2/c13-12(14)8-15-11-6-5-9-3-1-2-4-10(9)7-11/h1-7H,8H2. The highest BCUT2D eigenvalue weighted by molar-refractivity contribution is 6.63. The van der Waals surface area contributed by atoms with Crippen LogP contribution in [-0.4, -0.2) is 11.8 Å². The van der Waals surface area contributed by atoms with Gasteiger partial charge in [0.05, 0.1) is 0 Å². The van der Waals surface area contributed by atoms with Crippen molar-refractivity contribution < 1.29 is 9.53 Å². The van der Waals surface area contributed by atoms with E-state index in [1.807, 2.05) is 42.5 Å². The van der Waals surface area contributed by atoms with Gasteiger partial charge in [-0.1, -0.05) is 30.3 Å². The van der Waals surface area contributed by atoms with E-state index >= 15 is 0 Å². The van der Waals surface area contributed by atoms with Crippen LogP contribution < -0.4 is 4.74 Å². The normalized spacial score (nSPS) is 10.2. The number of carbonyl (C=O) groups excluding carboxylic acids is 1. The number of fused-ring (bicyclic) bond motifs is 1. The predicted molar refractivity (Wildman–Crippen MR) is 60.3 cm³/mol. The van der Waals surface area contributed by atoms with Crippen LogP contribution in [0.2, 0.25) is 0 Å². The summed E-state index contributed by atoms with van der Waals surface area (Å²) in [6.07, 6.45) is 0. The van der Waals surface area contributed by atoms with Gasteiger partial charge in [-0.3, -0.25) is 4.79 Å². The van der Waals surface area contributed by atoms with Crippen LogP contribution >= 0.6 is 11.6 Å². The van der Waals surface area contributed by atoms with E-state index in [-0.39, 0.29) is 6.61 Å². The maximum atomic E-state index is 10.5. The number of carbonyl (C=O) groups is 1. The molecule has 15 heavy (non-hydrogen) atoms. The summed E-state index contributed by atoms with van der Waals surface area (Å²) in [5.41, 5.74) is 0. The first-order valence-electron chi connectivity index (χ1n) is 4.55. The van der Waals surface area contributed by atoms with Gasteiger partial charge in [0, 0.05) is 0 Å². The van der Waals surface area contributed by atoms with Crippen LogP contribution in [0.15, 0.2) is 42.5 Å². The fourth-order valence-corrected chi connectivity index (χ4v) is 1.45. The summed E-state index contributed by atoms with van der Waals surface area (Å²) >= 11 is 5.18. The second-order valence-corrected chi connectivity index (χ2v) is 3.57. The molecule has 0 heterocycles. The first-order valence-corrected chi connectivity index (χ1v) is 4.93. The van der Waals surface area contributed by atoms with Crippen LogP contribution in [0.5, 0.6) is 5.75 Å². The average Bonchev–Trinajstić information content (AvgIpc) is 2.26. The van der Waals surface area contributed by atoms with Gasteiger partial charge >= 0.3 is 0 Å². The minimum Gasteiger partial charge on any atom is -0.484 e. The molecule has 0 bridgehead atoms. The van der Waals surface area contributed by atoms with E-state index in [9.17, 15) is 4.79 Å². The van der Waals surface area contributed by atoms with Crippen molar-refractivity contribution in [1.82, 2.24) is 0 Å². The molecule has 0 fully saturated rings. The lowest BCUT2D eigenvalue weighted by Crippen LogP contribution is -2.03. The third-order valence-electron chi connectivity index (χ3n) is 2.07. The van der Waals surface area contributed by atoms with E-state index in [1.54, 1.807) is 0 Å². The van der Waals surface area contributed by atoms with E-state index in [1.165, 1.54) is 0 Å². The Hall–Kier alpha value is -1.54. The lowest BCUT2D eigenvalue weighted by molar-refractivity contribution is -0.113. The lowest BCUT2D eigenvalue weighted by atomic mass is 10.1. The molecular formula is C12H9ClO2. The van der Waals surface area contributed by atoms with Gasteiger partial charge in [-0.05, 0) is 34.5 Å². The molecule has 3 heteroatoms. The molecule has 76 valence electrons. The first-order chi connectivity index (χ1) is 7.25. The highest BCUT2D eigenvalue weighted by Gasteiger charge is 1.99. The zero-order chi connectivity index (χ0) is 10.7. The molecule has 2 nitrogen and oxygen atoms in total. The van der Waals surface area contributed by atoms with Crippen molar-refractivity contribution in [2.75, 3.05) is 6.61 Å². The Morgan fingerprint density at radius 1 is 1.13 bits per heavy atom. The Labute approximate surface area is 92.4 Å². The molecule has 0 aliphatic rings. The molecule has 0 radical (unpaired) electrons. The molecule has 0 aliphatic heterocycles. The topological polar surface area (TPSA) is 26.3 Å². The maximum Gasteiger partial charge on any atom is 0.259 e. The summed E-state index contributed by atoms with van der Waals surface area (Å²) in [5.74, 6) is 0.655. The number of hydrogen-bond acceptors (Lipinski definition) is 2. The van der Waals surface area contributed by atoms with Gasteiger partial charge in [-0.2, -0.15) is 0 Å². The van der Waals surface area contributed by atoms with Crippen LogP contribution in [0.4, 0.5) is 0 Å². The molecule has 0 unspecified atom stereocenters. The Bertz CT molecular complexity index is 494. The minimum absolute atomic E-state index is 0.0973. The Morgan fingerprint density at radius 3 is 2.60 bits per heavy atom. The van der Waals surface area contributed by atoms with Crippen molar-refractivity contribution in [3.8, 4) is 5.75 Å². The van der Waals surface area contributed by atoms with Crippen LogP contribution in [0.25, 0.3) is 10.8 Å². The Balaban J connectivity index is 2.26. The molecule has 0 aromatic heterocycles. The fourth-order valence-electron chi connectivity index (χ4n) is 1.40. The third kappa shape index (κ3) is 2.48. The van der Waals surface area contributed by atoms with E-state index in [2.05, 4.69) is 0 Å². The minimum atomic E-state index is -0.497. The molecule has 2 rings (SSSR count). The van der Waals surface area contributed by atoms with Crippen LogP contribution in [0.1, 0.15) is 0 Å². The summed E-state index contributed by atoms with van der Waals surface area (Å²) in [7, 11) is 0. The SMILES string of the molecule is O=C(Cl)COc1ccc2ccccc2c1. The van der Waals surface area contributed by atoms with Crippen molar-refractivity contribution in [2.24, 2.45) is 0 Å². The molecule has 0 saturated carbocycles. The van der Waals surface area contributed by atoms with Crippen LogP contribution in [-0.2, 0) is 4.79 Å². The fraction of sp³-hybridized carbons (Fsp3) is 0.0833. The van der Waals surface area contributed by atoms with Gasteiger partial charge in [0.1, 0.15) is 5.75 Å². The predicted octanol–water partition coefficient (Wildman–Crippen LogP) is 2.98. The van der Waals surface area contributed by atoms with Crippen molar-refractivity contribution in [3.63, 3.8) is 0 Å². The van der Waals surface area contributed by atoms with Gasteiger partial charge < -0.3 is 4.74 Å². The number of hydrogen-bond donors (Lipinski definition) is 0. The zero-order valence-corrected chi connectivity index (χ0v) is 8.70. The highest BCUT2D eigenvalue weighted by Crippen LogP contribution is 2.20. The van der Waals surface area contributed by atoms with E-state index in [0.29, 0.717) is 5.75 Å². The summed E-state index contributed by atoms with van der Waals surface area (Å²) in [4.78, 5) is 10.5. The second-order valence-electron chi connectivity index (χ2n) is 3.15. The van der Waals surface area contributed by atoms with Gasteiger partial charge in [0.25, 0.3) is 5.24 Å². The number of rotatable bonds is 3. The third-order valence-corrected chi connectivity index (χ3v) is 2.18. The summed E-state index contributed by atoms with van der Waals surface area (Å²) < 4.78 is 5.19. The maximum absolute atomic E-state index is 10.5. The summed E-state index contributed by atoms with van der Waals surface area (Å²) in [6.45, 7) is -0.0973. The van der Waals surface area contributed by atoms with Gasteiger partial charge in [0.2, 0.25) is 0 Å². The Kier molecular flexibility index (Phi) is 2.88. The average molecular weight is 221 g/mol. The van der Waals surface area contributed by atoms with E-state index in [4.69, 9.17) is 16.3 Å². The molecule has 0 spiro atoms. The largest absolute Gasteiger partial charge is 0.484 e. The zero-order valence-electron chi connectivity index (χ0n) is 7.94. The second kappa shape index (κ2) is 4.32. The molecule has 0 atom stereocenters. The number of benzene rings is 2. The van der Waals surface area contributed by atoms with Crippen molar-refractivity contribution in [2.45, 2.75) is 0 Å². The van der Waals surface area contributed by atoms with Gasteiger partial charge in [-0.15, -0.1) is 0 Å². The molecule has 2 aromatic rings. The summed E-state index contributed by atoms with van der Waals surface area (Å²) in [5, 5.41) is 1.72. The lowest BCUT2D eigenvalue weighted by Gasteiger charge is -2.04. The van der Waals surface area contributed by atoms with E-state index < -0.39 is 5.24 Å². The van der Waals surface area contributed by atoms with Gasteiger partial charge in [0.15, 0.2) is 6.61 Å². The number of halogens is 1. The number of ether oxygens (including phenoxy) is 1. The van der Waals surface area contributed by atoms with Crippen molar-refractivity contribution in [1.29, 1.82) is 0 Å². The molecule has 0 saturated heterocycles. The molecular weight excluding hydrogens is 212 g/mol. The first kappa shape index (κ1) is 9.99. The monoisotopic (exact) mass is 220 g/mol. The van der Waals surface area contributed by atoms with Crippen molar-refractivity contribution in [3.05, 3.63) is 42.5 Å². The highest BCUT2D eigenvalue weighted by atomic mass is 35.5. The molecule has 0 N–H and O–H groups in total. The smallest absolute Gasteiger partial charge is 0.259 e. The van der Waals surface area contributed by atoms with Crippen molar-refractivity contribution >= 4 is 27.6 Å². The molecule has 0 aliphatic carbocycles. The Morgan fingerprint density at radius 2 is 1.87 bits per heavy atom. The molecule has 0 amide bonds. The summed E-state index contributed by atoms with van der Waals surface area (Å²) in [6, 6.07) is 13.6. The quantitative estimate of drug-likeness (QED) is 0.744. The van der Waals surface area contributed by atoms with E-state index in [0.717, 1.165) is 10.8 Å². The molecule has 2 aromatic carbocycles. The van der Waals surface area contributed by atoms with Crippen LogP contribution in [0.3, 0.4) is 0 Å².